The van der Waals surface area contributed by atoms with E-state index in [1.165, 1.54) is 19.4 Å². The van der Waals surface area contributed by atoms with Crippen molar-refractivity contribution < 1.29 is 23.9 Å². The first-order valence-corrected chi connectivity index (χ1v) is 13.8. The topological polar surface area (TPSA) is 89.5 Å². The maximum absolute atomic E-state index is 13.4. The van der Waals surface area contributed by atoms with E-state index in [4.69, 9.17) is 4.74 Å². The molecule has 4 rings (SSSR count). The molecule has 0 aromatic heterocycles. The fourth-order valence-corrected chi connectivity index (χ4v) is 8.32. The van der Waals surface area contributed by atoms with Gasteiger partial charge in [-0.1, -0.05) is 25.5 Å². The predicted molar refractivity (Wildman–Crippen MR) is 138 cm³/mol. The fraction of sp³-hybridized carbons (Fsp3) is 0.733. The molecule has 1 amide bonds. The first kappa shape index (κ1) is 26.8. The van der Waals surface area contributed by atoms with Crippen molar-refractivity contribution in [2.45, 2.75) is 111 Å². The summed E-state index contributed by atoms with van der Waals surface area (Å²) in [4.78, 5) is 49.4. The number of carbonyl (C=O) groups is 4. The van der Waals surface area contributed by atoms with Gasteiger partial charge in [-0.15, -0.1) is 0 Å². The molecule has 0 aliphatic heterocycles. The van der Waals surface area contributed by atoms with E-state index in [2.05, 4.69) is 25.2 Å². The van der Waals surface area contributed by atoms with Crippen LogP contribution in [0.2, 0.25) is 0 Å². The third-order valence-corrected chi connectivity index (χ3v) is 10.1. The van der Waals surface area contributed by atoms with Crippen LogP contribution in [0.4, 0.5) is 0 Å². The molecule has 0 spiro atoms. The highest BCUT2D eigenvalue weighted by Gasteiger charge is 2.60. The highest BCUT2D eigenvalue weighted by Crippen LogP contribution is 2.65. The largest absolute Gasteiger partial charge is 0.462 e. The van der Waals surface area contributed by atoms with Crippen molar-refractivity contribution in [2.75, 3.05) is 0 Å². The number of allylic oxidation sites excluding steroid dienone is 3. The van der Waals surface area contributed by atoms with Gasteiger partial charge in [0.2, 0.25) is 5.91 Å². The lowest BCUT2D eigenvalue weighted by Gasteiger charge is -2.57. The average Bonchev–Trinajstić information content (AvgIpc) is 3.06. The summed E-state index contributed by atoms with van der Waals surface area (Å²) in [6, 6.07) is -0.0674. The molecule has 0 radical (unpaired) electrons. The number of amides is 1. The summed E-state index contributed by atoms with van der Waals surface area (Å²) in [7, 11) is 0. The Hall–Kier alpha value is -2.24. The van der Waals surface area contributed by atoms with Crippen molar-refractivity contribution in [2.24, 2.45) is 28.6 Å². The fourth-order valence-electron chi connectivity index (χ4n) is 8.32. The zero-order chi connectivity index (χ0) is 26.4. The van der Waals surface area contributed by atoms with Crippen LogP contribution in [0.15, 0.2) is 22.8 Å². The summed E-state index contributed by atoms with van der Waals surface area (Å²) in [5, 5.41) is 2.83. The molecule has 7 atom stereocenters. The van der Waals surface area contributed by atoms with E-state index in [1.807, 2.05) is 13.8 Å². The van der Waals surface area contributed by atoms with Gasteiger partial charge in [0.1, 0.15) is 6.10 Å². The monoisotopic (exact) mass is 497 g/mol. The van der Waals surface area contributed by atoms with Gasteiger partial charge in [0.15, 0.2) is 11.6 Å². The lowest BCUT2D eigenvalue weighted by atomic mass is 9.47. The van der Waals surface area contributed by atoms with Gasteiger partial charge >= 0.3 is 5.97 Å². The number of esters is 1. The molecule has 4 aliphatic carbocycles. The van der Waals surface area contributed by atoms with E-state index < -0.39 is 0 Å². The number of nitrogens with one attached hydrogen (secondary N) is 1. The van der Waals surface area contributed by atoms with Crippen LogP contribution in [0.3, 0.4) is 0 Å². The lowest BCUT2D eigenvalue weighted by molar-refractivity contribution is -0.148. The Balaban J connectivity index is 1.54. The minimum Gasteiger partial charge on any atom is -0.462 e. The van der Waals surface area contributed by atoms with Crippen LogP contribution in [0, 0.1) is 28.6 Å². The molecule has 3 saturated carbocycles. The molecule has 4 aliphatic rings. The Kier molecular flexibility index (Phi) is 7.38. The van der Waals surface area contributed by atoms with Crippen LogP contribution in [-0.2, 0) is 23.9 Å². The van der Waals surface area contributed by atoms with Crippen molar-refractivity contribution in [1.82, 2.24) is 5.32 Å². The maximum atomic E-state index is 13.4. The maximum Gasteiger partial charge on any atom is 0.302 e. The molecule has 0 aromatic carbocycles. The molecule has 6 nitrogen and oxygen atoms in total. The summed E-state index contributed by atoms with van der Waals surface area (Å²) in [6.07, 6.45) is 9.51. The Morgan fingerprint density at radius 2 is 1.75 bits per heavy atom. The molecule has 6 heteroatoms. The molecule has 36 heavy (non-hydrogen) atoms. The normalized spacial score (nSPS) is 37.6. The number of ketones is 2. The predicted octanol–water partition coefficient (Wildman–Crippen LogP) is 5.25. The third kappa shape index (κ3) is 4.72. The summed E-state index contributed by atoms with van der Waals surface area (Å²) in [6.45, 7) is 11.3. The second-order valence-electron chi connectivity index (χ2n) is 12.4. The van der Waals surface area contributed by atoms with Gasteiger partial charge in [0.25, 0.3) is 0 Å². The van der Waals surface area contributed by atoms with Crippen LogP contribution in [-0.4, -0.2) is 35.6 Å². The number of hydrogen-bond donors (Lipinski definition) is 1. The van der Waals surface area contributed by atoms with E-state index in [1.54, 1.807) is 0 Å². The number of Topliss-reactive ketones (excluding diaryl/α,β-unsaturated/α-hetero) is 2. The Morgan fingerprint density at radius 1 is 1.06 bits per heavy atom. The first-order valence-electron chi connectivity index (χ1n) is 13.8. The van der Waals surface area contributed by atoms with Crippen molar-refractivity contribution >= 4 is 23.4 Å². The zero-order valence-electron chi connectivity index (χ0n) is 22.9. The third-order valence-electron chi connectivity index (χ3n) is 10.1. The highest BCUT2D eigenvalue weighted by molar-refractivity contribution is 6.08. The van der Waals surface area contributed by atoms with Crippen molar-refractivity contribution in [3.63, 3.8) is 0 Å². The van der Waals surface area contributed by atoms with Crippen LogP contribution >= 0.6 is 0 Å². The second kappa shape index (κ2) is 9.90. The first-order chi connectivity index (χ1) is 16.9. The summed E-state index contributed by atoms with van der Waals surface area (Å²) >= 11 is 0. The SMILES string of the molecule is CC(=O)NC(C)CCC(=O)C(C)=C1C(=O)CC2C3CC=C4CC(OC(C)=O)CCC4(C)C3CCC12C. The average molecular weight is 498 g/mol. The number of rotatable bonds is 6. The minimum absolute atomic E-state index is 0.0168. The molecule has 0 saturated heterocycles. The molecule has 0 heterocycles. The van der Waals surface area contributed by atoms with Crippen LogP contribution < -0.4 is 5.32 Å². The summed E-state index contributed by atoms with van der Waals surface area (Å²) < 4.78 is 5.55. The Morgan fingerprint density at radius 3 is 2.42 bits per heavy atom. The quantitative estimate of drug-likeness (QED) is 0.308. The second-order valence-corrected chi connectivity index (χ2v) is 12.4. The minimum atomic E-state index is -0.252. The summed E-state index contributed by atoms with van der Waals surface area (Å²) in [5.74, 6) is 1.11. The highest BCUT2D eigenvalue weighted by atomic mass is 16.5. The Bertz CT molecular complexity index is 1020. The van der Waals surface area contributed by atoms with Crippen molar-refractivity contribution in [1.29, 1.82) is 0 Å². The molecule has 198 valence electrons. The van der Waals surface area contributed by atoms with Gasteiger partial charge in [0, 0.05) is 44.7 Å². The smallest absolute Gasteiger partial charge is 0.302 e. The molecule has 3 fully saturated rings. The molecule has 1 N–H and O–H groups in total. The Labute approximate surface area is 215 Å². The standard InChI is InChI=1S/C30H43NO5/c1-17(31-19(3)32)7-10-26(34)18(2)28-27(35)16-25-23-9-8-21-15-22(36-20(4)33)11-13-29(21,5)24(23)12-14-30(25,28)6/h8,17,22-25H,7,9-16H2,1-6H3,(H,31,32). The molecular formula is C30H43NO5. The molecule has 0 aromatic rings. The summed E-state index contributed by atoms with van der Waals surface area (Å²) in [5.41, 5.74) is 2.70. The van der Waals surface area contributed by atoms with Gasteiger partial charge in [0.05, 0.1) is 0 Å². The number of hydrogen-bond acceptors (Lipinski definition) is 5. The van der Waals surface area contributed by atoms with E-state index in [9.17, 15) is 19.2 Å². The van der Waals surface area contributed by atoms with E-state index in [0.29, 0.717) is 36.7 Å². The zero-order valence-corrected chi connectivity index (χ0v) is 22.9. The van der Waals surface area contributed by atoms with Gasteiger partial charge < -0.3 is 10.1 Å². The molecular weight excluding hydrogens is 454 g/mol. The van der Waals surface area contributed by atoms with E-state index >= 15 is 0 Å². The van der Waals surface area contributed by atoms with Gasteiger partial charge in [-0.3, -0.25) is 19.2 Å². The van der Waals surface area contributed by atoms with Gasteiger partial charge in [-0.25, -0.2) is 0 Å². The lowest BCUT2D eigenvalue weighted by Crippen LogP contribution is -2.49. The number of carbonyl (C=O) groups excluding carboxylic acids is 4. The van der Waals surface area contributed by atoms with Crippen LogP contribution in [0.25, 0.3) is 0 Å². The number of ether oxygens (including phenoxy) is 1. The van der Waals surface area contributed by atoms with Crippen molar-refractivity contribution in [3.8, 4) is 0 Å². The van der Waals surface area contributed by atoms with Crippen LogP contribution in [0.1, 0.15) is 99.3 Å². The van der Waals surface area contributed by atoms with Crippen LogP contribution in [0.5, 0.6) is 0 Å². The van der Waals surface area contributed by atoms with Gasteiger partial charge in [-0.05, 0) is 86.5 Å². The van der Waals surface area contributed by atoms with E-state index in [0.717, 1.165) is 44.1 Å². The van der Waals surface area contributed by atoms with Gasteiger partial charge in [-0.2, -0.15) is 0 Å². The number of fused-ring (bicyclic) bond motifs is 5. The van der Waals surface area contributed by atoms with Crippen molar-refractivity contribution in [3.05, 3.63) is 22.8 Å². The molecule has 7 unspecified atom stereocenters. The molecule has 0 bridgehead atoms. The van der Waals surface area contributed by atoms with E-state index in [-0.39, 0.29) is 52.3 Å².